The Labute approximate surface area is 177 Å². The summed E-state index contributed by atoms with van der Waals surface area (Å²) < 4.78 is 6.68. The van der Waals surface area contributed by atoms with Crippen LogP contribution in [0.3, 0.4) is 0 Å². The highest BCUT2D eigenvalue weighted by atomic mass is 79.9. The van der Waals surface area contributed by atoms with Crippen molar-refractivity contribution in [1.29, 1.82) is 0 Å². The Morgan fingerprint density at radius 1 is 1.29 bits per heavy atom. The molecule has 0 amide bonds. The van der Waals surface area contributed by atoms with E-state index < -0.39 is 0 Å². The first kappa shape index (κ1) is 20.2. The smallest absolute Gasteiger partial charge is 0.191 e. The Hall–Kier alpha value is -1.11. The predicted molar refractivity (Wildman–Crippen MR) is 118 cm³/mol. The number of hydrogen-bond acceptors (Lipinski definition) is 3. The fourth-order valence-electron chi connectivity index (χ4n) is 4.53. The summed E-state index contributed by atoms with van der Waals surface area (Å²) in [6.07, 6.45) is 6.10. The number of guanidine groups is 1. The first-order valence-electron chi connectivity index (χ1n) is 10.7. The normalized spacial score (nSPS) is 25.6. The summed E-state index contributed by atoms with van der Waals surface area (Å²) >= 11 is 3.61. The largest absolute Gasteiger partial charge is 0.381 e. The van der Waals surface area contributed by atoms with E-state index in [1.165, 1.54) is 57.3 Å². The van der Waals surface area contributed by atoms with Gasteiger partial charge in [-0.1, -0.05) is 28.1 Å². The molecule has 1 atom stereocenters. The molecule has 1 aromatic carbocycles. The van der Waals surface area contributed by atoms with Crippen LogP contribution < -0.4 is 10.6 Å². The van der Waals surface area contributed by atoms with Crippen LogP contribution in [0.2, 0.25) is 0 Å². The summed E-state index contributed by atoms with van der Waals surface area (Å²) in [7, 11) is 1.88. The van der Waals surface area contributed by atoms with Crippen LogP contribution in [0.25, 0.3) is 0 Å². The van der Waals surface area contributed by atoms with Crippen molar-refractivity contribution in [2.75, 3.05) is 46.4 Å². The van der Waals surface area contributed by atoms with E-state index in [0.717, 1.165) is 36.1 Å². The van der Waals surface area contributed by atoms with E-state index in [-0.39, 0.29) is 5.41 Å². The summed E-state index contributed by atoms with van der Waals surface area (Å²) in [5.74, 6) is 1.69. The SMILES string of the molecule is CN=C(NCC1(c2cccc(Br)c2)CC1)NC1CCN(CC2CCOC2)CC1. The number of rotatable bonds is 6. The standard InChI is InChI=1S/C22H33BrN4O/c1-24-21(25-16-22(8-9-22)18-3-2-4-19(23)13-18)26-20-5-10-27(11-6-20)14-17-7-12-28-15-17/h2-4,13,17,20H,5-12,14-16H2,1H3,(H2,24,25,26). The molecule has 3 fully saturated rings. The van der Waals surface area contributed by atoms with Crippen molar-refractivity contribution in [1.82, 2.24) is 15.5 Å². The zero-order valence-corrected chi connectivity index (χ0v) is 18.5. The quantitative estimate of drug-likeness (QED) is 0.518. The van der Waals surface area contributed by atoms with Crippen LogP contribution in [0.4, 0.5) is 0 Å². The minimum atomic E-state index is 0.272. The van der Waals surface area contributed by atoms with Gasteiger partial charge in [0.25, 0.3) is 0 Å². The first-order chi connectivity index (χ1) is 13.7. The molecule has 2 aliphatic heterocycles. The monoisotopic (exact) mass is 448 g/mol. The van der Waals surface area contributed by atoms with Crippen LogP contribution >= 0.6 is 15.9 Å². The molecule has 0 spiro atoms. The molecule has 2 N–H and O–H groups in total. The molecule has 0 radical (unpaired) electrons. The van der Waals surface area contributed by atoms with Crippen molar-refractivity contribution in [3.8, 4) is 0 Å². The number of benzene rings is 1. The number of ether oxygens (including phenoxy) is 1. The first-order valence-corrected chi connectivity index (χ1v) is 11.5. The topological polar surface area (TPSA) is 48.9 Å². The van der Waals surface area contributed by atoms with Gasteiger partial charge in [-0.25, -0.2) is 0 Å². The third kappa shape index (κ3) is 5.08. The van der Waals surface area contributed by atoms with E-state index in [0.29, 0.717) is 6.04 Å². The Morgan fingerprint density at radius 2 is 2.11 bits per heavy atom. The van der Waals surface area contributed by atoms with Gasteiger partial charge in [0.05, 0.1) is 6.61 Å². The summed E-state index contributed by atoms with van der Waals surface area (Å²) in [4.78, 5) is 7.09. The van der Waals surface area contributed by atoms with Crippen LogP contribution in [0, 0.1) is 5.92 Å². The summed E-state index contributed by atoms with van der Waals surface area (Å²) in [6.45, 7) is 6.40. The molecule has 3 aliphatic rings. The number of aliphatic imine (C=N–C) groups is 1. The average Bonchev–Trinajstić information content (AvgIpc) is 3.34. The Balaban J connectivity index is 1.22. The third-order valence-corrected chi connectivity index (χ3v) is 7.07. The zero-order chi connectivity index (χ0) is 19.4. The van der Waals surface area contributed by atoms with Gasteiger partial charge in [-0.3, -0.25) is 4.99 Å². The maximum absolute atomic E-state index is 5.52. The van der Waals surface area contributed by atoms with Crippen molar-refractivity contribution in [3.63, 3.8) is 0 Å². The fraction of sp³-hybridized carbons (Fsp3) is 0.682. The second kappa shape index (κ2) is 9.14. The van der Waals surface area contributed by atoms with Crippen LogP contribution in [0.5, 0.6) is 0 Å². The van der Waals surface area contributed by atoms with Crippen molar-refractivity contribution in [2.45, 2.75) is 43.6 Å². The third-order valence-electron chi connectivity index (χ3n) is 6.58. The maximum atomic E-state index is 5.52. The van der Waals surface area contributed by atoms with Gasteiger partial charge in [0.15, 0.2) is 5.96 Å². The minimum absolute atomic E-state index is 0.272. The Kier molecular flexibility index (Phi) is 6.59. The van der Waals surface area contributed by atoms with Gasteiger partial charge < -0.3 is 20.3 Å². The van der Waals surface area contributed by atoms with Gasteiger partial charge in [-0.2, -0.15) is 0 Å². The van der Waals surface area contributed by atoms with E-state index in [2.05, 4.69) is 60.7 Å². The van der Waals surface area contributed by atoms with Gasteiger partial charge in [0, 0.05) is 55.8 Å². The molecular formula is C22H33BrN4O. The number of nitrogens with one attached hydrogen (secondary N) is 2. The zero-order valence-electron chi connectivity index (χ0n) is 16.9. The lowest BCUT2D eigenvalue weighted by Crippen LogP contribution is -2.50. The van der Waals surface area contributed by atoms with Crippen LogP contribution in [-0.4, -0.2) is 63.3 Å². The molecule has 4 rings (SSSR count). The molecule has 154 valence electrons. The maximum Gasteiger partial charge on any atom is 0.191 e. The number of halogens is 1. The number of nitrogens with zero attached hydrogens (tertiary/aromatic N) is 2. The van der Waals surface area contributed by atoms with E-state index >= 15 is 0 Å². The molecule has 1 aromatic rings. The number of hydrogen-bond donors (Lipinski definition) is 2. The van der Waals surface area contributed by atoms with Crippen LogP contribution in [0.1, 0.15) is 37.7 Å². The molecule has 0 bridgehead atoms. The molecule has 1 unspecified atom stereocenters. The van der Waals surface area contributed by atoms with Gasteiger partial charge in [-0.05, 0) is 55.7 Å². The highest BCUT2D eigenvalue weighted by molar-refractivity contribution is 9.10. The highest BCUT2D eigenvalue weighted by Gasteiger charge is 2.44. The Bertz CT molecular complexity index is 677. The second-order valence-electron chi connectivity index (χ2n) is 8.67. The van der Waals surface area contributed by atoms with E-state index in [1.54, 1.807) is 0 Å². The molecule has 1 saturated carbocycles. The lowest BCUT2D eigenvalue weighted by Gasteiger charge is -2.34. The van der Waals surface area contributed by atoms with E-state index in [9.17, 15) is 0 Å². The summed E-state index contributed by atoms with van der Waals surface area (Å²) in [5, 5.41) is 7.26. The number of piperidine rings is 1. The molecule has 28 heavy (non-hydrogen) atoms. The molecule has 5 nitrogen and oxygen atoms in total. The molecule has 2 saturated heterocycles. The number of likely N-dealkylation sites (tertiary alicyclic amines) is 1. The van der Waals surface area contributed by atoms with Gasteiger partial charge >= 0.3 is 0 Å². The predicted octanol–water partition coefficient (Wildman–Crippen LogP) is 3.15. The summed E-state index contributed by atoms with van der Waals surface area (Å²) in [5.41, 5.74) is 1.70. The molecule has 2 heterocycles. The minimum Gasteiger partial charge on any atom is -0.381 e. The van der Waals surface area contributed by atoms with E-state index in [1.807, 2.05) is 7.05 Å². The van der Waals surface area contributed by atoms with Crippen LogP contribution in [-0.2, 0) is 10.2 Å². The fourth-order valence-corrected chi connectivity index (χ4v) is 4.93. The summed E-state index contributed by atoms with van der Waals surface area (Å²) in [6, 6.07) is 9.26. The molecular weight excluding hydrogens is 416 g/mol. The van der Waals surface area contributed by atoms with Crippen molar-refractivity contribution in [3.05, 3.63) is 34.3 Å². The van der Waals surface area contributed by atoms with Gasteiger partial charge in [-0.15, -0.1) is 0 Å². The van der Waals surface area contributed by atoms with Crippen molar-refractivity contribution in [2.24, 2.45) is 10.9 Å². The van der Waals surface area contributed by atoms with E-state index in [4.69, 9.17) is 4.74 Å². The highest BCUT2D eigenvalue weighted by Crippen LogP contribution is 2.48. The van der Waals surface area contributed by atoms with Gasteiger partial charge in [0.2, 0.25) is 0 Å². The molecule has 0 aromatic heterocycles. The lowest BCUT2D eigenvalue weighted by molar-refractivity contribution is 0.150. The van der Waals surface area contributed by atoms with Crippen molar-refractivity contribution < 1.29 is 4.74 Å². The van der Waals surface area contributed by atoms with Crippen LogP contribution in [0.15, 0.2) is 33.7 Å². The second-order valence-corrected chi connectivity index (χ2v) is 9.58. The average molecular weight is 449 g/mol. The van der Waals surface area contributed by atoms with Gasteiger partial charge in [0.1, 0.15) is 0 Å². The van der Waals surface area contributed by atoms with Crippen molar-refractivity contribution >= 4 is 21.9 Å². The molecule has 6 heteroatoms. The molecule has 1 aliphatic carbocycles. The Morgan fingerprint density at radius 3 is 2.75 bits per heavy atom. The lowest BCUT2D eigenvalue weighted by atomic mass is 9.96.